The predicted molar refractivity (Wildman–Crippen MR) is 187 cm³/mol. The number of allylic oxidation sites excluding steroid dienone is 1. The van der Waals surface area contributed by atoms with Crippen LogP contribution in [0.25, 0.3) is 11.5 Å². The fourth-order valence-corrected chi connectivity index (χ4v) is 10.4. The van der Waals surface area contributed by atoms with Crippen molar-refractivity contribution in [1.29, 1.82) is 0 Å². The number of carbonyl (C=O) groups is 1. The largest absolute Gasteiger partial charge is 0.676 e. The van der Waals surface area contributed by atoms with E-state index in [2.05, 4.69) is 46.0 Å². The molecule has 46 heavy (non-hydrogen) atoms. The Morgan fingerprint density at radius 1 is 1.02 bits per heavy atom. The molecule has 0 bridgehead atoms. The maximum atomic E-state index is 10.7. The number of fused-ring (bicyclic) bond motifs is 5. The minimum atomic E-state index is -0.991. The van der Waals surface area contributed by atoms with Gasteiger partial charge in [0.15, 0.2) is 6.61 Å². The predicted octanol–water partition coefficient (Wildman–Crippen LogP) is 9.63. The number of aliphatic carboxylic acids is 1. The topological polar surface area (TPSA) is 128 Å². The Balaban J connectivity index is 0.000000644. The molecule has 5 aliphatic carbocycles. The number of amides is 1. The summed E-state index contributed by atoms with van der Waals surface area (Å²) in [6.45, 7) is 12.2. The van der Waals surface area contributed by atoms with Crippen molar-refractivity contribution in [2.45, 2.75) is 157 Å². The third-order valence-corrected chi connectivity index (χ3v) is 12.9. The molecule has 1 amide bonds. The molecule has 0 aromatic heterocycles. The first-order chi connectivity index (χ1) is 20.8. The Labute approximate surface area is 295 Å². The monoisotopic (exact) mass is 825 g/mol. The van der Waals surface area contributed by atoms with Crippen molar-refractivity contribution in [3.8, 4) is 0 Å². The van der Waals surface area contributed by atoms with Crippen LogP contribution in [0.4, 0.5) is 0 Å². The van der Waals surface area contributed by atoms with Gasteiger partial charge >= 0.3 is 11.9 Å². The SMILES string of the molecule is C.CC(C)CCC[C@@H](C)[C@H]1CC[C@H]2[C@@H]3CC=C4C[C@@H](OCC(=[OH+])NCC(=O)O)CC[C@]4(C)[C@H]3CC[C@]12C.[NH-][C@@H]1CCCC[C@H]1[NH-].[Pt]. The molecule has 8 heteroatoms. The zero-order valence-electron chi connectivity index (χ0n) is 28.8. The van der Waals surface area contributed by atoms with Crippen LogP contribution in [0.5, 0.6) is 0 Å². The van der Waals surface area contributed by atoms with Gasteiger partial charge in [-0.05, 0) is 97.7 Å². The van der Waals surface area contributed by atoms with Crippen LogP contribution >= 0.6 is 0 Å². The van der Waals surface area contributed by atoms with Gasteiger partial charge in [0.25, 0.3) is 0 Å². The molecule has 0 unspecified atom stereocenters. The van der Waals surface area contributed by atoms with Crippen molar-refractivity contribution in [2.24, 2.45) is 46.3 Å². The molecular formula is C38H68N3O4Pt-. The minimum absolute atomic E-state index is 0. The molecule has 0 aliphatic heterocycles. The van der Waals surface area contributed by atoms with E-state index in [1.165, 1.54) is 64.2 Å². The maximum Gasteiger partial charge on any atom is 0.415 e. The molecule has 10 atom stereocenters. The molecule has 0 radical (unpaired) electrons. The van der Waals surface area contributed by atoms with Gasteiger partial charge in [0.05, 0.1) is 6.10 Å². The van der Waals surface area contributed by atoms with Crippen molar-refractivity contribution >= 4 is 11.9 Å². The Morgan fingerprint density at radius 3 is 2.30 bits per heavy atom. The van der Waals surface area contributed by atoms with E-state index in [1.54, 1.807) is 5.57 Å². The number of nitrogens with one attached hydrogen (secondary N) is 3. The van der Waals surface area contributed by atoms with Crippen molar-refractivity contribution in [1.82, 2.24) is 5.32 Å². The second-order valence-electron chi connectivity index (χ2n) is 16.2. The molecular weight excluding hydrogens is 758 g/mol. The van der Waals surface area contributed by atoms with E-state index in [4.69, 9.17) is 21.3 Å². The summed E-state index contributed by atoms with van der Waals surface area (Å²) in [6.07, 6.45) is 21.1. The zero-order chi connectivity index (χ0) is 32.1. The normalized spacial score (nSPS) is 37.0. The van der Waals surface area contributed by atoms with Gasteiger partial charge in [0.2, 0.25) is 0 Å². The van der Waals surface area contributed by atoms with Gasteiger partial charge in [0, 0.05) is 21.1 Å². The first-order valence-electron chi connectivity index (χ1n) is 18.1. The van der Waals surface area contributed by atoms with Crippen LogP contribution in [0.15, 0.2) is 11.6 Å². The maximum absolute atomic E-state index is 10.7. The smallest absolute Gasteiger partial charge is 0.415 e. The summed E-state index contributed by atoms with van der Waals surface area (Å²) in [4.78, 5) is 20.6. The van der Waals surface area contributed by atoms with E-state index in [-0.39, 0.29) is 65.7 Å². The van der Waals surface area contributed by atoms with E-state index >= 15 is 0 Å². The average molecular weight is 826 g/mol. The Hall–Kier alpha value is -0.752. The molecule has 5 rings (SSSR count). The molecule has 0 heterocycles. The molecule has 0 saturated heterocycles. The third kappa shape index (κ3) is 9.91. The van der Waals surface area contributed by atoms with Crippen LogP contribution in [0.1, 0.15) is 138 Å². The summed E-state index contributed by atoms with van der Waals surface area (Å²) in [5, 5.41) is 11.3. The quantitative estimate of drug-likeness (QED) is 0.168. The van der Waals surface area contributed by atoms with Crippen LogP contribution in [0.3, 0.4) is 0 Å². The molecule has 0 spiro atoms. The standard InChI is InChI=1S/C31H51NO4.C6H12N2.CH4.Pt/c1-20(2)7-6-8-21(3)25-11-12-26-24-10-9-22-17-23(36-19-28(33)32-18-29(34)35)13-15-30(22,4)27(24)14-16-31(25,26)5;7-5-3-1-2-4-6(5)8;;/h9,20-21,23-27H,6-8,10-19H2,1-5H3,(H,32,33)(H,34,35);5-8H,1-4H2;1H4;/q;-2;;/p+1/t21-,23+,24+,25-,26+,27+,30+,31-;5-,6-;;/m11../s1. The Morgan fingerprint density at radius 2 is 1.70 bits per heavy atom. The number of carboxylic acid groups (broad SMARTS) is 1. The minimum Gasteiger partial charge on any atom is -0.676 e. The molecule has 4 fully saturated rings. The van der Waals surface area contributed by atoms with Gasteiger partial charge in [-0.3, -0.25) is 14.9 Å². The van der Waals surface area contributed by atoms with Gasteiger partial charge in [0.1, 0.15) is 6.54 Å². The van der Waals surface area contributed by atoms with Gasteiger partial charge in [-0.1, -0.05) is 98.6 Å². The molecule has 0 aromatic rings. The Kier molecular flexibility index (Phi) is 16.5. The number of carbonyl (C=O) groups excluding carboxylic acids is 1. The average Bonchev–Trinajstić information content (AvgIpc) is 3.34. The molecule has 5 aliphatic rings. The molecule has 7 nitrogen and oxygen atoms in total. The van der Waals surface area contributed by atoms with Gasteiger partial charge < -0.3 is 21.3 Å². The van der Waals surface area contributed by atoms with E-state index in [0.717, 1.165) is 67.6 Å². The molecule has 4 saturated carbocycles. The van der Waals surface area contributed by atoms with Crippen LogP contribution in [0, 0.1) is 46.3 Å². The van der Waals surface area contributed by atoms with E-state index in [1.807, 2.05) is 0 Å². The van der Waals surface area contributed by atoms with Crippen LogP contribution in [-0.4, -0.2) is 53.1 Å². The van der Waals surface area contributed by atoms with E-state index < -0.39 is 5.97 Å². The fraction of sp³-hybridized carbons (Fsp3) is 0.895. The first kappa shape index (κ1) is 41.4. The van der Waals surface area contributed by atoms with Crippen molar-refractivity contribution in [3.05, 3.63) is 23.1 Å². The zero-order valence-corrected chi connectivity index (χ0v) is 31.1. The summed E-state index contributed by atoms with van der Waals surface area (Å²) in [5.41, 5.74) is 17.0. The van der Waals surface area contributed by atoms with Crippen LogP contribution in [0.2, 0.25) is 0 Å². The number of carboxylic acids is 1. The third-order valence-electron chi connectivity index (χ3n) is 12.9. The van der Waals surface area contributed by atoms with Crippen molar-refractivity contribution in [3.63, 3.8) is 0 Å². The molecule has 5 N–H and O–H groups in total. The van der Waals surface area contributed by atoms with Crippen LogP contribution in [-0.2, 0) is 30.6 Å². The van der Waals surface area contributed by atoms with E-state index in [0.29, 0.717) is 10.8 Å². The number of hydrogen-bond donors (Lipinski definition) is 2. The summed E-state index contributed by atoms with van der Waals surface area (Å²) in [5.74, 6) is 4.00. The summed E-state index contributed by atoms with van der Waals surface area (Å²) < 4.78 is 6.00. The second-order valence-corrected chi connectivity index (χ2v) is 16.2. The number of rotatable bonds is 10. The van der Waals surface area contributed by atoms with Crippen LogP contribution < -0.4 is 5.32 Å². The van der Waals surface area contributed by atoms with E-state index in [9.17, 15) is 9.59 Å². The summed E-state index contributed by atoms with van der Waals surface area (Å²) in [6, 6.07) is -0.160. The molecule has 0 aromatic carbocycles. The van der Waals surface area contributed by atoms with Gasteiger partial charge in [-0.15, -0.1) is 0 Å². The van der Waals surface area contributed by atoms with Crippen molar-refractivity contribution < 1.29 is 40.5 Å². The van der Waals surface area contributed by atoms with Gasteiger partial charge in [-0.2, -0.15) is 12.1 Å². The number of hydrogen-bond acceptors (Lipinski definition) is 2. The molecule has 270 valence electrons. The summed E-state index contributed by atoms with van der Waals surface area (Å²) >= 11 is 0. The van der Waals surface area contributed by atoms with Gasteiger partial charge in [-0.25, -0.2) is 0 Å². The fourth-order valence-electron chi connectivity index (χ4n) is 10.4. The Bertz CT molecular complexity index is 996. The summed E-state index contributed by atoms with van der Waals surface area (Å²) in [7, 11) is 0. The second kappa shape index (κ2) is 18.3. The van der Waals surface area contributed by atoms with Crippen molar-refractivity contribution in [2.75, 3.05) is 13.2 Å². The first-order valence-corrected chi connectivity index (χ1v) is 18.1. The number of ether oxygens (including phenoxy) is 1.